The molecule has 0 amide bonds. The van der Waals surface area contributed by atoms with Crippen LogP contribution in [0.2, 0.25) is 0 Å². The largest absolute Gasteiger partial charge is 0.390 e. The van der Waals surface area contributed by atoms with E-state index in [1.807, 2.05) is 0 Å². The normalized spacial score (nSPS) is 10.8. The Balaban J connectivity index is 3.20. The van der Waals surface area contributed by atoms with Crippen molar-refractivity contribution in [2.45, 2.75) is 13.0 Å². The lowest BCUT2D eigenvalue weighted by molar-refractivity contribution is 0.145. The fraction of sp³-hybridized carbons (Fsp3) is 0.286. The maximum Gasteiger partial charge on any atom is 0.266 e. The van der Waals surface area contributed by atoms with Crippen LogP contribution in [0, 0.1) is 0 Å². The average Bonchev–Trinajstić information content (AvgIpc) is 2.03. The molecule has 1 aromatic heterocycles. The molecule has 0 atom stereocenters. The molecule has 0 spiro atoms. The molecule has 1 rings (SSSR count). The van der Waals surface area contributed by atoms with E-state index < -0.39 is 13.0 Å². The fourth-order valence-corrected chi connectivity index (χ4v) is 1.37. The van der Waals surface area contributed by atoms with Crippen molar-refractivity contribution in [3.05, 3.63) is 28.0 Å². The van der Waals surface area contributed by atoms with Crippen molar-refractivity contribution in [1.29, 1.82) is 0 Å². The summed E-state index contributed by atoms with van der Waals surface area (Å²) in [7, 11) is 0. The lowest BCUT2D eigenvalue weighted by Gasteiger charge is -2.06. The molecule has 66 valence electrons. The lowest BCUT2D eigenvalue weighted by atomic mass is 10.2. The van der Waals surface area contributed by atoms with E-state index >= 15 is 0 Å². The Morgan fingerprint density at radius 2 is 2.25 bits per heavy atom. The Morgan fingerprint density at radius 1 is 1.58 bits per heavy atom. The van der Waals surface area contributed by atoms with Crippen molar-refractivity contribution in [2.24, 2.45) is 0 Å². The number of nitrogens with zero attached hydrogens (tertiary/aromatic N) is 1. The van der Waals surface area contributed by atoms with Gasteiger partial charge in [-0.1, -0.05) is 15.9 Å². The smallest absolute Gasteiger partial charge is 0.266 e. The highest BCUT2D eigenvalue weighted by Crippen LogP contribution is 2.29. The van der Waals surface area contributed by atoms with Crippen molar-refractivity contribution >= 4 is 15.9 Å². The van der Waals surface area contributed by atoms with Gasteiger partial charge in [0, 0.05) is 10.7 Å². The predicted octanol–water partition coefficient (Wildman–Crippen LogP) is 2.27. The SMILES string of the molecule is OCc1nccc(Br)c1C(F)F. The van der Waals surface area contributed by atoms with Gasteiger partial charge in [0.05, 0.1) is 17.9 Å². The highest BCUT2D eigenvalue weighted by atomic mass is 79.9. The molecule has 0 unspecified atom stereocenters. The molecule has 2 nitrogen and oxygen atoms in total. The third-order valence-electron chi connectivity index (χ3n) is 1.39. The summed E-state index contributed by atoms with van der Waals surface area (Å²) in [6, 6.07) is 1.42. The minimum absolute atomic E-state index is 0.0133. The summed E-state index contributed by atoms with van der Waals surface area (Å²) in [6.45, 7) is -0.473. The van der Waals surface area contributed by atoms with E-state index in [4.69, 9.17) is 5.11 Å². The Kier molecular flexibility index (Phi) is 3.11. The van der Waals surface area contributed by atoms with Crippen molar-refractivity contribution in [3.8, 4) is 0 Å². The van der Waals surface area contributed by atoms with Gasteiger partial charge in [-0.25, -0.2) is 8.78 Å². The van der Waals surface area contributed by atoms with E-state index in [1.165, 1.54) is 12.3 Å². The van der Waals surface area contributed by atoms with Gasteiger partial charge in [0.2, 0.25) is 0 Å². The van der Waals surface area contributed by atoms with Crippen LogP contribution >= 0.6 is 15.9 Å². The zero-order chi connectivity index (χ0) is 9.14. The van der Waals surface area contributed by atoms with Crippen molar-refractivity contribution < 1.29 is 13.9 Å². The highest BCUT2D eigenvalue weighted by molar-refractivity contribution is 9.10. The molecule has 0 aliphatic heterocycles. The molecule has 0 aliphatic carbocycles. The van der Waals surface area contributed by atoms with Gasteiger partial charge in [0.15, 0.2) is 0 Å². The van der Waals surface area contributed by atoms with E-state index in [0.29, 0.717) is 0 Å². The molecule has 1 heterocycles. The number of aliphatic hydroxyl groups is 1. The highest BCUT2D eigenvalue weighted by Gasteiger charge is 2.16. The first-order valence-electron chi connectivity index (χ1n) is 3.19. The van der Waals surface area contributed by atoms with Gasteiger partial charge >= 0.3 is 0 Å². The van der Waals surface area contributed by atoms with Crippen molar-refractivity contribution in [2.75, 3.05) is 0 Å². The average molecular weight is 238 g/mol. The van der Waals surface area contributed by atoms with Crippen molar-refractivity contribution in [3.63, 3.8) is 0 Å². The van der Waals surface area contributed by atoms with E-state index in [1.54, 1.807) is 0 Å². The van der Waals surface area contributed by atoms with Crippen molar-refractivity contribution in [1.82, 2.24) is 4.98 Å². The Labute approximate surface area is 76.4 Å². The van der Waals surface area contributed by atoms with Crippen LogP contribution in [0.4, 0.5) is 8.78 Å². The van der Waals surface area contributed by atoms with Gasteiger partial charge in [-0.3, -0.25) is 4.98 Å². The van der Waals surface area contributed by atoms with Gasteiger partial charge in [-0.2, -0.15) is 0 Å². The topological polar surface area (TPSA) is 33.1 Å². The minimum atomic E-state index is -2.62. The molecule has 0 aromatic carbocycles. The van der Waals surface area contributed by atoms with E-state index in [-0.39, 0.29) is 15.7 Å². The van der Waals surface area contributed by atoms with Gasteiger partial charge in [-0.15, -0.1) is 0 Å². The van der Waals surface area contributed by atoms with Gasteiger partial charge in [0.1, 0.15) is 0 Å². The van der Waals surface area contributed by atoms with E-state index in [0.717, 1.165) is 0 Å². The molecule has 0 saturated carbocycles. The summed E-state index contributed by atoms with van der Waals surface area (Å²) in [5.74, 6) is 0. The van der Waals surface area contributed by atoms with Crippen LogP contribution in [-0.2, 0) is 6.61 Å². The van der Waals surface area contributed by atoms with Gasteiger partial charge in [0.25, 0.3) is 6.43 Å². The third kappa shape index (κ3) is 1.78. The second kappa shape index (κ2) is 3.91. The summed E-state index contributed by atoms with van der Waals surface area (Å²) < 4.78 is 24.9. The number of rotatable bonds is 2. The molecular weight excluding hydrogens is 232 g/mol. The first-order chi connectivity index (χ1) is 5.66. The quantitative estimate of drug-likeness (QED) is 0.857. The van der Waals surface area contributed by atoms with Gasteiger partial charge in [-0.05, 0) is 6.07 Å². The number of alkyl halides is 2. The molecule has 0 aliphatic rings. The van der Waals surface area contributed by atoms with Crippen LogP contribution in [0.5, 0.6) is 0 Å². The van der Waals surface area contributed by atoms with E-state index in [2.05, 4.69) is 20.9 Å². The van der Waals surface area contributed by atoms with Crippen LogP contribution in [0.25, 0.3) is 0 Å². The second-order valence-corrected chi connectivity index (χ2v) is 2.97. The fourth-order valence-electron chi connectivity index (χ4n) is 0.846. The van der Waals surface area contributed by atoms with Crippen LogP contribution in [0.1, 0.15) is 17.7 Å². The lowest BCUT2D eigenvalue weighted by Crippen LogP contribution is -1.98. The summed E-state index contributed by atoms with van der Waals surface area (Å²) in [5, 5.41) is 8.68. The monoisotopic (exact) mass is 237 g/mol. The molecule has 0 bridgehead atoms. The molecule has 0 radical (unpaired) electrons. The first-order valence-corrected chi connectivity index (χ1v) is 3.98. The zero-order valence-corrected chi connectivity index (χ0v) is 7.55. The van der Waals surface area contributed by atoms with Crippen LogP contribution in [-0.4, -0.2) is 10.1 Å². The summed E-state index contributed by atoms with van der Waals surface area (Å²) in [6.07, 6.45) is -1.25. The predicted molar refractivity (Wildman–Crippen MR) is 42.8 cm³/mol. The molecule has 1 aromatic rings. The third-order valence-corrected chi connectivity index (χ3v) is 2.08. The summed E-state index contributed by atoms with van der Waals surface area (Å²) in [4.78, 5) is 3.62. The Hall–Kier alpha value is -0.550. The number of hydrogen-bond donors (Lipinski definition) is 1. The van der Waals surface area contributed by atoms with Gasteiger partial charge < -0.3 is 5.11 Å². The Bertz CT molecular complexity index is 280. The Morgan fingerprint density at radius 3 is 2.67 bits per heavy atom. The standard InChI is InChI=1S/C7H6BrF2NO/c8-4-1-2-11-5(3-12)6(4)7(9)10/h1-2,7,12H,3H2. The number of aliphatic hydroxyl groups excluding tert-OH is 1. The van der Waals surface area contributed by atoms with Crippen LogP contribution in [0.15, 0.2) is 16.7 Å². The molecule has 1 N–H and O–H groups in total. The molecular formula is C7H6BrF2NO. The van der Waals surface area contributed by atoms with Crippen LogP contribution < -0.4 is 0 Å². The number of hydrogen-bond acceptors (Lipinski definition) is 2. The molecule has 5 heteroatoms. The summed E-state index contributed by atoms with van der Waals surface area (Å²) in [5.41, 5.74) is -0.223. The minimum Gasteiger partial charge on any atom is -0.390 e. The van der Waals surface area contributed by atoms with E-state index in [9.17, 15) is 8.78 Å². The second-order valence-electron chi connectivity index (χ2n) is 2.11. The van der Waals surface area contributed by atoms with Crippen LogP contribution in [0.3, 0.4) is 0 Å². The molecule has 0 saturated heterocycles. The molecule has 0 fully saturated rings. The summed E-state index contributed by atoms with van der Waals surface area (Å²) >= 11 is 2.96. The maximum atomic E-state index is 12.3. The number of halogens is 3. The zero-order valence-electron chi connectivity index (χ0n) is 5.97. The maximum absolute atomic E-state index is 12.3. The number of aromatic nitrogens is 1. The number of pyridine rings is 1. The molecule has 12 heavy (non-hydrogen) atoms. The first kappa shape index (κ1) is 9.54.